The van der Waals surface area contributed by atoms with E-state index in [0.29, 0.717) is 23.3 Å². The van der Waals surface area contributed by atoms with Crippen molar-refractivity contribution in [3.05, 3.63) is 35.5 Å². The average molecular weight is 353 g/mol. The normalized spacial score (nSPS) is 19.6. The lowest BCUT2D eigenvalue weighted by Crippen LogP contribution is -2.44. The van der Waals surface area contributed by atoms with Gasteiger partial charge >= 0.3 is 6.01 Å². The van der Waals surface area contributed by atoms with Crippen LogP contribution < -0.4 is 4.74 Å². The molecule has 0 N–H and O–H groups in total. The summed E-state index contributed by atoms with van der Waals surface area (Å²) in [6.07, 6.45) is 5.70. The molecule has 1 aliphatic rings. The fraction of sp³-hybridized carbons (Fsp3) is 0.467. The van der Waals surface area contributed by atoms with Gasteiger partial charge in [0.05, 0.1) is 6.54 Å². The van der Waals surface area contributed by atoms with Crippen LogP contribution in [0.3, 0.4) is 0 Å². The largest absolute Gasteiger partial charge is 0.459 e. The van der Waals surface area contributed by atoms with Crippen molar-refractivity contribution in [2.45, 2.75) is 36.5 Å². The van der Waals surface area contributed by atoms with Crippen LogP contribution in [0.2, 0.25) is 0 Å². The van der Waals surface area contributed by atoms with Crippen molar-refractivity contribution in [3.8, 4) is 6.01 Å². The number of aryl methyl sites for hydroxylation is 1. The van der Waals surface area contributed by atoms with Crippen molar-refractivity contribution in [2.75, 3.05) is 13.1 Å². The van der Waals surface area contributed by atoms with Gasteiger partial charge in [0.2, 0.25) is 0 Å². The third kappa shape index (κ3) is 3.70. The van der Waals surface area contributed by atoms with Gasteiger partial charge in [-0.15, -0.1) is 11.3 Å². The van der Waals surface area contributed by atoms with E-state index in [1.165, 1.54) is 15.6 Å². The predicted octanol–water partition coefficient (Wildman–Crippen LogP) is 2.33. The Morgan fingerprint density at radius 2 is 2.17 bits per heavy atom. The summed E-state index contributed by atoms with van der Waals surface area (Å²) in [4.78, 5) is 8.36. The highest BCUT2D eigenvalue weighted by atomic mass is 32.2. The molecule has 0 spiro atoms. The maximum atomic E-state index is 12.6. The number of nitrogens with zero attached hydrogens (tertiary/aromatic N) is 3. The molecule has 1 atom stereocenters. The number of hydrogen-bond acceptors (Lipinski definition) is 6. The number of hydrogen-bond donors (Lipinski definition) is 0. The molecule has 6 nitrogen and oxygen atoms in total. The quantitative estimate of drug-likeness (QED) is 0.825. The summed E-state index contributed by atoms with van der Waals surface area (Å²) in [6, 6.07) is 3.69. The summed E-state index contributed by atoms with van der Waals surface area (Å²) in [7, 11) is -3.42. The van der Waals surface area contributed by atoms with Crippen LogP contribution in [-0.2, 0) is 16.4 Å². The first-order chi connectivity index (χ1) is 11.1. The molecule has 1 fully saturated rings. The molecule has 1 saturated heterocycles. The molecule has 0 aliphatic carbocycles. The number of rotatable bonds is 5. The van der Waals surface area contributed by atoms with Crippen molar-refractivity contribution in [1.82, 2.24) is 14.3 Å². The summed E-state index contributed by atoms with van der Waals surface area (Å²) in [5, 5.41) is 1.77. The Balaban J connectivity index is 1.68. The van der Waals surface area contributed by atoms with E-state index in [4.69, 9.17) is 4.74 Å². The van der Waals surface area contributed by atoms with E-state index in [9.17, 15) is 8.42 Å². The second-order valence-corrected chi connectivity index (χ2v) is 8.52. The molecule has 3 heterocycles. The van der Waals surface area contributed by atoms with E-state index in [1.807, 2.05) is 6.92 Å². The van der Waals surface area contributed by atoms with Crippen LogP contribution in [0.15, 0.2) is 34.1 Å². The number of piperidine rings is 1. The molecule has 2 aromatic rings. The maximum Gasteiger partial charge on any atom is 0.316 e. The molecule has 124 valence electrons. The summed E-state index contributed by atoms with van der Waals surface area (Å²) in [6.45, 7) is 2.89. The first kappa shape index (κ1) is 16.4. The van der Waals surface area contributed by atoms with Gasteiger partial charge in [-0.25, -0.2) is 18.4 Å². The van der Waals surface area contributed by atoms with Crippen molar-refractivity contribution >= 4 is 21.4 Å². The minimum absolute atomic E-state index is 0.217. The zero-order chi connectivity index (χ0) is 16.3. The first-order valence-electron chi connectivity index (χ1n) is 7.61. The van der Waals surface area contributed by atoms with Crippen LogP contribution in [0, 0.1) is 0 Å². The lowest BCUT2D eigenvalue weighted by Gasteiger charge is -2.31. The van der Waals surface area contributed by atoms with E-state index < -0.39 is 10.0 Å². The second-order valence-electron chi connectivity index (χ2n) is 5.40. The molecule has 0 bridgehead atoms. The fourth-order valence-corrected chi connectivity index (χ4v) is 5.15. The minimum atomic E-state index is -3.42. The Labute approximate surface area is 140 Å². The van der Waals surface area contributed by atoms with Gasteiger partial charge in [-0.1, -0.05) is 13.0 Å². The zero-order valence-corrected chi connectivity index (χ0v) is 14.5. The number of ether oxygens (including phenoxy) is 1. The molecule has 8 heteroatoms. The van der Waals surface area contributed by atoms with Crippen LogP contribution in [0.5, 0.6) is 6.01 Å². The van der Waals surface area contributed by atoms with Crippen LogP contribution in [0.4, 0.5) is 0 Å². The summed E-state index contributed by atoms with van der Waals surface area (Å²) >= 11 is 1.24. The Morgan fingerprint density at radius 3 is 2.83 bits per heavy atom. The van der Waals surface area contributed by atoms with E-state index in [1.54, 1.807) is 29.9 Å². The standard InChI is InChI=1S/C15H19N3O3S2/c1-2-12-9-16-15(17-10-12)21-13-5-3-7-18(11-13)23(19,20)14-6-4-8-22-14/h4,6,8-10,13H,2-3,5,7,11H2,1H3. The topological polar surface area (TPSA) is 72.4 Å². The van der Waals surface area contributed by atoms with Crippen LogP contribution in [-0.4, -0.2) is 41.9 Å². The molecule has 1 aliphatic heterocycles. The van der Waals surface area contributed by atoms with Crippen molar-refractivity contribution in [2.24, 2.45) is 0 Å². The fourth-order valence-electron chi connectivity index (χ4n) is 2.49. The third-order valence-electron chi connectivity index (χ3n) is 3.79. The SMILES string of the molecule is CCc1cnc(OC2CCCN(S(=O)(=O)c3cccs3)C2)nc1. The first-order valence-corrected chi connectivity index (χ1v) is 9.93. The molecule has 0 saturated carbocycles. The van der Waals surface area contributed by atoms with Gasteiger partial charge in [-0.3, -0.25) is 0 Å². The highest BCUT2D eigenvalue weighted by Crippen LogP contribution is 2.25. The van der Waals surface area contributed by atoms with Crippen LogP contribution in [0.1, 0.15) is 25.3 Å². The number of thiophene rings is 1. The highest BCUT2D eigenvalue weighted by molar-refractivity contribution is 7.91. The van der Waals surface area contributed by atoms with Crippen molar-refractivity contribution in [3.63, 3.8) is 0 Å². The lowest BCUT2D eigenvalue weighted by molar-refractivity contribution is 0.119. The highest BCUT2D eigenvalue weighted by Gasteiger charge is 2.32. The summed E-state index contributed by atoms with van der Waals surface area (Å²) < 4.78 is 32.8. The van der Waals surface area contributed by atoms with Crippen molar-refractivity contribution in [1.29, 1.82) is 0 Å². The van der Waals surface area contributed by atoms with Gasteiger partial charge in [-0.2, -0.15) is 4.31 Å². The van der Waals surface area contributed by atoms with Crippen LogP contribution >= 0.6 is 11.3 Å². The van der Waals surface area contributed by atoms with E-state index in [-0.39, 0.29) is 6.10 Å². The van der Waals surface area contributed by atoms with E-state index in [0.717, 1.165) is 24.8 Å². The molecule has 1 unspecified atom stereocenters. The van der Waals surface area contributed by atoms with Crippen molar-refractivity contribution < 1.29 is 13.2 Å². The Morgan fingerprint density at radius 1 is 1.39 bits per heavy atom. The van der Waals surface area contributed by atoms with Gasteiger partial charge in [0.1, 0.15) is 10.3 Å². The van der Waals surface area contributed by atoms with Crippen LogP contribution in [0.25, 0.3) is 0 Å². The Hall–Kier alpha value is -1.51. The van der Waals surface area contributed by atoms with Gasteiger partial charge < -0.3 is 4.74 Å². The molecule has 0 radical (unpaired) electrons. The molecule has 0 amide bonds. The summed E-state index contributed by atoms with van der Waals surface area (Å²) in [5.74, 6) is 0. The second kappa shape index (κ2) is 6.94. The third-order valence-corrected chi connectivity index (χ3v) is 7.03. The number of sulfonamides is 1. The average Bonchev–Trinajstić information content (AvgIpc) is 3.11. The Kier molecular flexibility index (Phi) is 4.93. The monoisotopic (exact) mass is 353 g/mol. The van der Waals surface area contributed by atoms with E-state index >= 15 is 0 Å². The van der Waals surface area contributed by atoms with Gasteiger partial charge in [0, 0.05) is 18.9 Å². The molecular weight excluding hydrogens is 334 g/mol. The smallest absolute Gasteiger partial charge is 0.316 e. The Bertz CT molecular complexity index is 730. The molecule has 0 aromatic carbocycles. The molecule has 3 rings (SSSR count). The predicted molar refractivity (Wildman–Crippen MR) is 88.1 cm³/mol. The molecule has 23 heavy (non-hydrogen) atoms. The number of aromatic nitrogens is 2. The van der Waals surface area contributed by atoms with Gasteiger partial charge in [0.25, 0.3) is 10.0 Å². The van der Waals surface area contributed by atoms with Gasteiger partial charge in [0.15, 0.2) is 0 Å². The minimum Gasteiger partial charge on any atom is -0.459 e. The summed E-state index contributed by atoms with van der Waals surface area (Å²) in [5.41, 5.74) is 1.04. The molecular formula is C15H19N3O3S2. The lowest BCUT2D eigenvalue weighted by atomic mass is 10.1. The van der Waals surface area contributed by atoms with E-state index in [2.05, 4.69) is 9.97 Å². The maximum absolute atomic E-state index is 12.6. The molecule has 2 aromatic heterocycles. The zero-order valence-electron chi connectivity index (χ0n) is 12.9. The van der Waals surface area contributed by atoms with Gasteiger partial charge in [-0.05, 0) is 36.3 Å².